The van der Waals surface area contributed by atoms with Crippen LogP contribution in [0.25, 0.3) is 10.9 Å². The lowest BCUT2D eigenvalue weighted by atomic mass is 10.0. The number of thioether (sulfide) groups is 3. The van der Waals surface area contributed by atoms with Crippen LogP contribution in [0, 0.1) is 0 Å². The highest BCUT2D eigenvalue weighted by Gasteiger charge is 2.34. The number of H-pyrrole nitrogens is 1. The minimum Gasteiger partial charge on any atom is -0.481 e. The van der Waals surface area contributed by atoms with E-state index in [-0.39, 0.29) is 43.6 Å². The number of aromatic amines is 1. The van der Waals surface area contributed by atoms with Crippen LogP contribution in [-0.2, 0) is 82.4 Å². The third-order valence-electron chi connectivity index (χ3n) is 12.5. The second-order valence-corrected chi connectivity index (χ2v) is 23.2. The molecular weight excluding hydrogens is 1220 g/mol. The van der Waals surface area contributed by atoms with Gasteiger partial charge in [-0.25, -0.2) is 0 Å². The van der Waals surface area contributed by atoms with Crippen molar-refractivity contribution in [2.45, 2.75) is 99.7 Å². The van der Waals surface area contributed by atoms with Gasteiger partial charge in [0.25, 0.3) is 0 Å². The van der Waals surface area contributed by atoms with E-state index in [0.29, 0.717) is 39.8 Å². The lowest BCUT2D eigenvalue weighted by Crippen LogP contribution is -2.59. The van der Waals surface area contributed by atoms with E-state index in [9.17, 15) is 71.4 Å². The molecule has 0 spiro atoms. The van der Waals surface area contributed by atoms with Gasteiger partial charge < -0.3 is 78.9 Å². The first-order valence-corrected chi connectivity index (χ1v) is 32.1. The molecule has 33 heteroatoms. The molecule has 8 atom stereocenters. The van der Waals surface area contributed by atoms with Gasteiger partial charge in [0.15, 0.2) is 0 Å². The van der Waals surface area contributed by atoms with Crippen LogP contribution in [0.2, 0.25) is 0 Å². The Bertz CT molecular complexity index is 3110. The van der Waals surface area contributed by atoms with Crippen molar-refractivity contribution < 1.29 is 85.2 Å². The predicted octanol–water partition coefficient (Wildman–Crippen LogP) is -1.18. The first-order valence-electron chi connectivity index (χ1n) is 26.5. The molecule has 4 rings (SSSR count). The van der Waals surface area contributed by atoms with E-state index in [0.717, 1.165) is 17.9 Å². The Balaban J connectivity index is 0.00000203. The maximum atomic E-state index is 14.3. The minimum absolute atomic E-state index is 0.0132. The standard InChI is InChI=1S/C49H62N10O16S3.C5H11NO2S/c1-76-18-16-34(55-47(69)37(58-44(66)32(50)23-41(61)62)21-28-12-14-30(15-13-28)75-78(72,73)74)45(67)53-26-40(60)54-38(22-29-25-52-33-11-7-6-10-31(29)33)48(70)56-35(17-19-77-2)46(68)59-39(24-42(63)64)49(71)57-36(43(51)65)20-27-8-4-3-5-9-27;1-9-3-2-4(6)5(7)8/h3-15,25,32,34-39,52H,16-24,26,50H2,1-2H3,(H2,51,65)(H,53,67)(H,54,60)(H,55,69)(H,56,70)(H,57,71)(H,58,66)(H,59,68)(H,61,62)(H,63,64)(H,72,73,74);4H,2-3,6H2,1H3,(H,7,8)/t32-,34-,35-,36-,37-,38-,39-;/m0./s1. The van der Waals surface area contributed by atoms with Crippen LogP contribution in [0.1, 0.15) is 48.8 Å². The summed E-state index contributed by atoms with van der Waals surface area (Å²) in [5, 5.41) is 45.2. The molecule has 0 saturated carbocycles. The molecule has 0 aliphatic rings. The van der Waals surface area contributed by atoms with Gasteiger partial charge in [-0.2, -0.15) is 43.7 Å². The van der Waals surface area contributed by atoms with Crippen LogP contribution < -0.4 is 58.6 Å². The van der Waals surface area contributed by atoms with Gasteiger partial charge in [-0.3, -0.25) is 57.3 Å². The summed E-state index contributed by atoms with van der Waals surface area (Å²) >= 11 is 4.22. The average Bonchev–Trinajstić information content (AvgIpc) is 2.36. The van der Waals surface area contributed by atoms with Crippen LogP contribution in [0.5, 0.6) is 5.75 Å². The van der Waals surface area contributed by atoms with Crippen molar-refractivity contribution in [2.24, 2.45) is 17.2 Å². The van der Waals surface area contributed by atoms with Gasteiger partial charge in [0.05, 0.1) is 25.4 Å². The molecule has 0 radical (unpaired) electrons. The van der Waals surface area contributed by atoms with Crippen LogP contribution in [0.3, 0.4) is 0 Å². The van der Waals surface area contributed by atoms with Crippen LogP contribution >= 0.6 is 35.3 Å². The van der Waals surface area contributed by atoms with Crippen molar-refractivity contribution in [1.29, 1.82) is 0 Å². The Morgan fingerprint density at radius 2 is 1.01 bits per heavy atom. The zero-order chi connectivity index (χ0) is 64.8. The number of hydrogen-bond acceptors (Lipinski definition) is 19. The van der Waals surface area contributed by atoms with E-state index in [1.54, 1.807) is 85.1 Å². The Kier molecular flexibility index (Phi) is 31.7. The summed E-state index contributed by atoms with van der Waals surface area (Å²) in [4.78, 5) is 145. The summed E-state index contributed by atoms with van der Waals surface area (Å²) in [5.41, 5.74) is 18.7. The zero-order valence-electron chi connectivity index (χ0n) is 47.6. The molecule has 0 saturated heterocycles. The number of fused-ring (bicyclic) bond motifs is 1. The first-order chi connectivity index (χ1) is 41.1. The fourth-order valence-corrected chi connectivity index (χ4v) is 9.78. The molecule has 3 aromatic carbocycles. The SMILES string of the molecule is CSCCC(N)C(=O)O.CSCC[C@H](NC(=O)[C@H](Cc1ccc(OS(=O)(=O)O)cc1)NC(=O)[C@@H](N)CC(=O)O)C(=O)NCC(=O)N[C@@H](Cc1c[nH]c2ccccc12)C(=O)N[C@@H](CCSC)C(=O)N[C@@H](CC(=O)O)C(=O)N[C@@H](Cc1ccccc1)C(N)=O. The quantitative estimate of drug-likeness (QED) is 0.0236. The highest BCUT2D eigenvalue weighted by atomic mass is 32.3. The molecule has 1 unspecified atom stereocenters. The average molecular weight is 1290 g/mol. The molecule has 8 amide bonds. The Hall–Kier alpha value is -7.95. The summed E-state index contributed by atoms with van der Waals surface area (Å²) in [6.07, 6.45) is 5.26. The largest absolute Gasteiger partial charge is 0.481 e. The Morgan fingerprint density at radius 3 is 1.56 bits per heavy atom. The number of amides is 8. The number of aliphatic carboxylic acids is 3. The van der Waals surface area contributed by atoms with Crippen molar-refractivity contribution in [2.75, 3.05) is 42.6 Å². The van der Waals surface area contributed by atoms with Gasteiger partial charge in [-0.05, 0) is 90.2 Å². The molecule has 18 N–H and O–H groups in total. The number of carbonyl (C=O) groups is 11. The normalized spacial score (nSPS) is 13.8. The number of rotatable bonds is 37. The van der Waals surface area contributed by atoms with E-state index in [4.69, 9.17) is 26.9 Å². The van der Waals surface area contributed by atoms with Crippen molar-refractivity contribution in [3.8, 4) is 5.75 Å². The molecule has 0 bridgehead atoms. The van der Waals surface area contributed by atoms with Gasteiger partial charge in [0, 0.05) is 36.4 Å². The fourth-order valence-electron chi connectivity index (χ4n) is 8.00. The summed E-state index contributed by atoms with van der Waals surface area (Å²) < 4.78 is 35.8. The van der Waals surface area contributed by atoms with Crippen LogP contribution in [0.15, 0.2) is 85.1 Å². The highest BCUT2D eigenvalue weighted by molar-refractivity contribution is 7.99. The van der Waals surface area contributed by atoms with E-state index >= 15 is 0 Å². The summed E-state index contributed by atoms with van der Waals surface area (Å²) in [6, 6.07) is 9.49. The number of carbonyl (C=O) groups excluding carboxylic acids is 8. The zero-order valence-corrected chi connectivity index (χ0v) is 50.8. The minimum atomic E-state index is -4.87. The number of nitrogens with two attached hydrogens (primary N) is 3. The molecule has 476 valence electrons. The number of primary amides is 1. The molecule has 0 aliphatic heterocycles. The van der Waals surface area contributed by atoms with Gasteiger partial charge >= 0.3 is 28.3 Å². The lowest BCUT2D eigenvalue weighted by Gasteiger charge is -2.26. The summed E-state index contributed by atoms with van der Waals surface area (Å²) in [7, 11) is -4.87. The fraction of sp³-hybridized carbons (Fsp3) is 0.426. The van der Waals surface area contributed by atoms with Crippen molar-refractivity contribution in [3.63, 3.8) is 0 Å². The lowest BCUT2D eigenvalue weighted by molar-refractivity contribution is -0.141. The van der Waals surface area contributed by atoms with E-state index in [2.05, 4.69) is 46.4 Å². The number of aromatic nitrogens is 1. The molecule has 4 aromatic rings. The van der Waals surface area contributed by atoms with E-state index < -0.39 is 143 Å². The molecular formula is C54H73N11O18S4. The van der Waals surface area contributed by atoms with Crippen molar-refractivity contribution >= 4 is 122 Å². The van der Waals surface area contributed by atoms with E-state index in [1.165, 1.54) is 35.7 Å². The maximum Gasteiger partial charge on any atom is 0.446 e. The number of carboxylic acid groups (broad SMARTS) is 3. The summed E-state index contributed by atoms with van der Waals surface area (Å²) in [6.45, 7) is -0.761. The molecule has 29 nitrogen and oxygen atoms in total. The highest BCUT2D eigenvalue weighted by Crippen LogP contribution is 2.20. The molecule has 1 aromatic heterocycles. The maximum absolute atomic E-state index is 14.3. The third kappa shape index (κ3) is 27.5. The Morgan fingerprint density at radius 1 is 0.540 bits per heavy atom. The number of carboxylic acids is 3. The van der Waals surface area contributed by atoms with Gasteiger partial charge in [-0.15, -0.1) is 0 Å². The van der Waals surface area contributed by atoms with Crippen LogP contribution in [-0.4, -0.2) is 189 Å². The number of nitrogens with one attached hydrogen (secondary N) is 8. The number of para-hydroxylation sites is 1. The topological polar surface area (TPSA) is 490 Å². The Labute approximate surface area is 513 Å². The van der Waals surface area contributed by atoms with Crippen molar-refractivity contribution in [3.05, 3.63) is 102 Å². The number of hydrogen-bond donors (Lipinski definition) is 15. The molecule has 0 fully saturated rings. The van der Waals surface area contributed by atoms with E-state index in [1.807, 2.05) is 6.26 Å². The second kappa shape index (κ2) is 37.6. The van der Waals surface area contributed by atoms with Gasteiger partial charge in [-0.1, -0.05) is 60.7 Å². The van der Waals surface area contributed by atoms with Crippen LogP contribution in [0.4, 0.5) is 0 Å². The third-order valence-corrected chi connectivity index (χ3v) is 14.8. The van der Waals surface area contributed by atoms with Gasteiger partial charge in [0.1, 0.15) is 48.0 Å². The summed E-state index contributed by atoms with van der Waals surface area (Å²) in [5.74, 6) is -10.3. The smallest absolute Gasteiger partial charge is 0.446 e. The number of benzene rings is 3. The molecule has 1 heterocycles. The van der Waals surface area contributed by atoms with Gasteiger partial charge in [0.2, 0.25) is 47.3 Å². The second-order valence-electron chi connectivity index (χ2n) is 19.2. The first kappa shape index (κ1) is 73.3. The van der Waals surface area contributed by atoms with Crippen molar-refractivity contribution in [1.82, 2.24) is 42.2 Å². The monoisotopic (exact) mass is 1290 g/mol. The molecule has 87 heavy (non-hydrogen) atoms. The molecule has 0 aliphatic carbocycles. The predicted molar refractivity (Wildman–Crippen MR) is 325 cm³/mol.